The Bertz CT molecular complexity index is 635. The standard InChI is InChI=1S/C15H18BClF2O5/c1-14(2)15(3,4)24-16(23-14)11-9(12(20)21-5)6-8(17)7-10(11)22-13(18)19/h6-7,13H,1-5H3. The van der Waals surface area contributed by atoms with Crippen molar-refractivity contribution in [2.45, 2.75) is 45.5 Å². The monoisotopic (exact) mass is 362 g/mol. The summed E-state index contributed by atoms with van der Waals surface area (Å²) in [6.07, 6.45) is 0. The number of hydrogen-bond acceptors (Lipinski definition) is 5. The summed E-state index contributed by atoms with van der Waals surface area (Å²) in [5.74, 6) is -1.06. The molecule has 2 rings (SSSR count). The molecule has 1 saturated heterocycles. The van der Waals surface area contributed by atoms with Crippen LogP contribution in [0.2, 0.25) is 5.02 Å². The highest BCUT2D eigenvalue weighted by atomic mass is 35.5. The number of methoxy groups -OCH3 is 1. The van der Waals surface area contributed by atoms with Crippen molar-refractivity contribution in [3.63, 3.8) is 0 Å². The second kappa shape index (κ2) is 6.50. The molecular formula is C15H18BClF2O5. The summed E-state index contributed by atoms with van der Waals surface area (Å²) in [5.41, 5.74) is -1.50. The molecule has 0 spiro atoms. The van der Waals surface area contributed by atoms with Gasteiger partial charge in [-0.2, -0.15) is 8.78 Å². The Hall–Kier alpha value is -1.38. The molecule has 9 heteroatoms. The van der Waals surface area contributed by atoms with Crippen molar-refractivity contribution in [3.8, 4) is 5.75 Å². The van der Waals surface area contributed by atoms with E-state index in [0.29, 0.717) is 0 Å². The van der Waals surface area contributed by atoms with E-state index >= 15 is 0 Å². The Balaban J connectivity index is 2.60. The molecule has 1 aromatic carbocycles. The van der Waals surface area contributed by atoms with Crippen LogP contribution in [0.15, 0.2) is 12.1 Å². The second-order valence-electron chi connectivity index (χ2n) is 6.32. The quantitative estimate of drug-likeness (QED) is 0.609. The van der Waals surface area contributed by atoms with Crippen LogP contribution in [0.5, 0.6) is 5.75 Å². The Morgan fingerprint density at radius 3 is 2.21 bits per heavy atom. The van der Waals surface area contributed by atoms with E-state index in [4.69, 9.17) is 25.6 Å². The molecule has 5 nitrogen and oxygen atoms in total. The van der Waals surface area contributed by atoms with Crippen LogP contribution in [0.4, 0.5) is 8.78 Å². The van der Waals surface area contributed by atoms with Gasteiger partial charge in [-0.1, -0.05) is 11.6 Å². The molecule has 0 atom stereocenters. The third kappa shape index (κ3) is 3.50. The van der Waals surface area contributed by atoms with Gasteiger partial charge < -0.3 is 18.8 Å². The molecule has 0 saturated carbocycles. The van der Waals surface area contributed by atoms with E-state index in [1.807, 2.05) is 0 Å². The Morgan fingerprint density at radius 1 is 1.21 bits per heavy atom. The number of carbonyl (C=O) groups is 1. The average molecular weight is 363 g/mol. The van der Waals surface area contributed by atoms with Crippen LogP contribution in [-0.4, -0.2) is 38.0 Å². The first-order valence-corrected chi connectivity index (χ1v) is 7.58. The molecule has 24 heavy (non-hydrogen) atoms. The molecule has 1 aromatic rings. The first kappa shape index (κ1) is 19.0. The van der Waals surface area contributed by atoms with Gasteiger partial charge in [0.2, 0.25) is 0 Å². The van der Waals surface area contributed by atoms with Crippen LogP contribution >= 0.6 is 11.6 Å². The summed E-state index contributed by atoms with van der Waals surface area (Å²) >= 11 is 5.91. The van der Waals surface area contributed by atoms with Gasteiger partial charge in [-0.15, -0.1) is 0 Å². The van der Waals surface area contributed by atoms with Gasteiger partial charge in [-0.05, 0) is 39.8 Å². The second-order valence-corrected chi connectivity index (χ2v) is 6.76. The number of carbonyl (C=O) groups excluding carboxylic acids is 1. The normalized spacial score (nSPS) is 18.8. The molecule has 0 bridgehead atoms. The molecule has 0 aliphatic carbocycles. The van der Waals surface area contributed by atoms with E-state index in [1.165, 1.54) is 19.2 Å². The number of halogens is 3. The minimum atomic E-state index is -3.10. The van der Waals surface area contributed by atoms with Crippen LogP contribution in [-0.2, 0) is 14.0 Å². The molecule has 1 fully saturated rings. The smallest absolute Gasteiger partial charge is 0.465 e. The SMILES string of the molecule is COC(=O)c1cc(Cl)cc(OC(F)F)c1B1OC(C)(C)C(C)(C)O1. The predicted octanol–water partition coefficient (Wildman–Crippen LogP) is 3.03. The van der Waals surface area contributed by atoms with E-state index in [2.05, 4.69) is 4.74 Å². The van der Waals surface area contributed by atoms with Gasteiger partial charge in [0, 0.05) is 10.5 Å². The summed E-state index contributed by atoms with van der Waals surface area (Å²) in [6, 6.07) is 2.48. The first-order chi connectivity index (χ1) is 11.0. The van der Waals surface area contributed by atoms with Gasteiger partial charge >= 0.3 is 19.7 Å². The van der Waals surface area contributed by atoms with Gasteiger partial charge in [0.15, 0.2) is 0 Å². The Morgan fingerprint density at radius 2 is 1.75 bits per heavy atom. The minimum Gasteiger partial charge on any atom is -0.465 e. The van der Waals surface area contributed by atoms with E-state index in [-0.39, 0.29) is 21.8 Å². The Labute approximate surface area is 144 Å². The fourth-order valence-corrected chi connectivity index (χ4v) is 2.48. The van der Waals surface area contributed by atoms with Crippen molar-refractivity contribution < 1.29 is 32.4 Å². The molecule has 1 aliphatic heterocycles. The fourth-order valence-electron chi connectivity index (χ4n) is 2.27. The van der Waals surface area contributed by atoms with Crippen LogP contribution in [0.25, 0.3) is 0 Å². The summed E-state index contributed by atoms with van der Waals surface area (Å²) in [4.78, 5) is 12.1. The van der Waals surface area contributed by atoms with Gasteiger partial charge in [0.25, 0.3) is 0 Å². The topological polar surface area (TPSA) is 54.0 Å². The lowest BCUT2D eigenvalue weighted by atomic mass is 9.75. The number of alkyl halides is 2. The first-order valence-electron chi connectivity index (χ1n) is 7.20. The summed E-state index contributed by atoms with van der Waals surface area (Å²) in [5, 5.41) is 0.0475. The fraction of sp³-hybridized carbons (Fsp3) is 0.533. The molecule has 132 valence electrons. The van der Waals surface area contributed by atoms with Crippen LogP contribution in [0.3, 0.4) is 0 Å². The molecule has 0 unspecified atom stereocenters. The molecule has 0 radical (unpaired) electrons. The lowest BCUT2D eigenvalue weighted by Gasteiger charge is -2.32. The number of ether oxygens (including phenoxy) is 2. The molecule has 0 amide bonds. The third-order valence-corrected chi connectivity index (χ3v) is 4.44. The summed E-state index contributed by atoms with van der Waals surface area (Å²) in [6.45, 7) is 4.10. The molecule has 0 aromatic heterocycles. The third-order valence-electron chi connectivity index (χ3n) is 4.22. The van der Waals surface area contributed by atoms with Gasteiger partial charge in [-0.3, -0.25) is 0 Å². The van der Waals surface area contributed by atoms with Crippen molar-refractivity contribution in [3.05, 3.63) is 22.7 Å². The van der Waals surface area contributed by atoms with Crippen molar-refractivity contribution in [2.75, 3.05) is 7.11 Å². The van der Waals surface area contributed by atoms with Crippen molar-refractivity contribution >= 4 is 30.2 Å². The largest absolute Gasteiger partial charge is 0.499 e. The van der Waals surface area contributed by atoms with Gasteiger partial charge in [0.05, 0.1) is 23.9 Å². The van der Waals surface area contributed by atoms with Gasteiger partial charge in [-0.25, -0.2) is 4.79 Å². The van der Waals surface area contributed by atoms with Crippen molar-refractivity contribution in [1.29, 1.82) is 0 Å². The van der Waals surface area contributed by atoms with E-state index in [1.54, 1.807) is 27.7 Å². The van der Waals surface area contributed by atoms with Crippen LogP contribution < -0.4 is 10.2 Å². The lowest BCUT2D eigenvalue weighted by Crippen LogP contribution is -2.41. The number of rotatable bonds is 4. The van der Waals surface area contributed by atoms with E-state index < -0.39 is 30.9 Å². The number of esters is 1. The van der Waals surface area contributed by atoms with Crippen molar-refractivity contribution in [1.82, 2.24) is 0 Å². The van der Waals surface area contributed by atoms with E-state index in [0.717, 1.165) is 0 Å². The van der Waals surface area contributed by atoms with Crippen LogP contribution in [0.1, 0.15) is 38.1 Å². The summed E-state index contributed by atoms with van der Waals surface area (Å²) < 4.78 is 46.5. The lowest BCUT2D eigenvalue weighted by molar-refractivity contribution is -0.0493. The maximum Gasteiger partial charge on any atom is 0.499 e. The average Bonchev–Trinajstić information content (AvgIpc) is 2.64. The summed E-state index contributed by atoms with van der Waals surface area (Å²) in [7, 11) is 0.0837. The molecule has 1 aliphatic rings. The molecule has 0 N–H and O–H groups in total. The molecular weight excluding hydrogens is 344 g/mol. The minimum absolute atomic E-state index is 0.0187. The highest BCUT2D eigenvalue weighted by Gasteiger charge is 2.53. The van der Waals surface area contributed by atoms with Gasteiger partial charge in [0.1, 0.15) is 5.75 Å². The maximum absolute atomic E-state index is 12.8. The zero-order chi connectivity index (χ0) is 18.3. The zero-order valence-corrected chi connectivity index (χ0v) is 14.7. The number of benzene rings is 1. The van der Waals surface area contributed by atoms with Crippen molar-refractivity contribution in [2.24, 2.45) is 0 Å². The number of hydrogen-bond donors (Lipinski definition) is 0. The van der Waals surface area contributed by atoms with E-state index in [9.17, 15) is 13.6 Å². The predicted molar refractivity (Wildman–Crippen MR) is 85.1 cm³/mol. The highest BCUT2D eigenvalue weighted by Crippen LogP contribution is 2.38. The zero-order valence-electron chi connectivity index (χ0n) is 14.0. The molecule has 1 heterocycles. The Kier molecular flexibility index (Phi) is 5.13. The maximum atomic E-state index is 12.8. The van der Waals surface area contributed by atoms with Crippen LogP contribution in [0, 0.1) is 0 Å². The highest BCUT2D eigenvalue weighted by molar-refractivity contribution is 6.65.